The van der Waals surface area contributed by atoms with E-state index in [0.29, 0.717) is 0 Å². The molecule has 1 aromatic carbocycles. The van der Waals surface area contributed by atoms with Crippen molar-refractivity contribution in [2.24, 2.45) is 5.92 Å². The average molecular weight is 260 g/mol. The van der Waals surface area contributed by atoms with Gasteiger partial charge in [0.25, 0.3) is 0 Å². The highest BCUT2D eigenvalue weighted by atomic mass is 14.2. The fraction of sp³-hybridized carbons (Fsp3) is 0.684. The number of benzene rings is 1. The maximum absolute atomic E-state index is 2.48. The van der Waals surface area contributed by atoms with E-state index in [4.69, 9.17) is 0 Å². The molecule has 0 bridgehead atoms. The van der Waals surface area contributed by atoms with E-state index in [-0.39, 0.29) is 0 Å². The molecule has 0 aliphatic rings. The van der Waals surface area contributed by atoms with Crippen molar-refractivity contribution >= 4 is 0 Å². The molecule has 2 unspecified atom stereocenters. The minimum absolute atomic E-state index is 0.748. The highest BCUT2D eigenvalue weighted by Crippen LogP contribution is 2.30. The topological polar surface area (TPSA) is 0 Å². The summed E-state index contributed by atoms with van der Waals surface area (Å²) >= 11 is 0. The first-order valence-electron chi connectivity index (χ1n) is 8.21. The standard InChI is InChI=1S/C19H32/c1-6-9-15(4)13-17(8-3)19-12-11-16(5)18(14-19)10-7-2/h11-12,14-15,17H,6-10,13H2,1-5H3. The molecular formula is C19H32. The molecule has 0 aliphatic carbocycles. The Morgan fingerprint density at radius 2 is 1.79 bits per heavy atom. The molecule has 0 radical (unpaired) electrons. The largest absolute Gasteiger partial charge is 0.0654 e. The third-order valence-corrected chi connectivity index (χ3v) is 4.33. The van der Waals surface area contributed by atoms with E-state index in [1.807, 2.05) is 0 Å². The Hall–Kier alpha value is -0.780. The molecule has 0 nitrogen and oxygen atoms in total. The van der Waals surface area contributed by atoms with Gasteiger partial charge in [-0.15, -0.1) is 0 Å². The second kappa shape index (κ2) is 8.40. The van der Waals surface area contributed by atoms with E-state index < -0.39 is 0 Å². The molecule has 0 amide bonds. The first kappa shape index (κ1) is 16.3. The summed E-state index contributed by atoms with van der Waals surface area (Å²) in [6.45, 7) is 11.6. The van der Waals surface area contributed by atoms with Gasteiger partial charge < -0.3 is 0 Å². The highest BCUT2D eigenvalue weighted by Gasteiger charge is 2.14. The van der Waals surface area contributed by atoms with E-state index in [2.05, 4.69) is 52.8 Å². The molecule has 108 valence electrons. The zero-order chi connectivity index (χ0) is 14.3. The van der Waals surface area contributed by atoms with Crippen LogP contribution in [-0.4, -0.2) is 0 Å². The quantitative estimate of drug-likeness (QED) is 0.517. The minimum Gasteiger partial charge on any atom is -0.0654 e. The molecular weight excluding hydrogens is 228 g/mol. The van der Waals surface area contributed by atoms with Crippen LogP contribution in [-0.2, 0) is 6.42 Å². The lowest BCUT2D eigenvalue weighted by molar-refractivity contribution is 0.428. The Morgan fingerprint density at radius 1 is 1.05 bits per heavy atom. The van der Waals surface area contributed by atoms with Crippen LogP contribution in [0.1, 0.15) is 82.4 Å². The minimum atomic E-state index is 0.748. The fourth-order valence-corrected chi connectivity index (χ4v) is 3.12. The van der Waals surface area contributed by atoms with Crippen molar-refractivity contribution < 1.29 is 0 Å². The number of hydrogen-bond donors (Lipinski definition) is 0. The highest BCUT2D eigenvalue weighted by molar-refractivity contribution is 5.33. The van der Waals surface area contributed by atoms with Crippen LogP contribution in [0.5, 0.6) is 0 Å². The van der Waals surface area contributed by atoms with E-state index in [0.717, 1.165) is 11.8 Å². The van der Waals surface area contributed by atoms with E-state index in [1.54, 1.807) is 11.1 Å². The van der Waals surface area contributed by atoms with Gasteiger partial charge in [0.1, 0.15) is 0 Å². The van der Waals surface area contributed by atoms with Gasteiger partial charge in [0.2, 0.25) is 0 Å². The van der Waals surface area contributed by atoms with E-state index in [1.165, 1.54) is 44.1 Å². The number of aryl methyl sites for hydroxylation is 2. The molecule has 0 aliphatic heterocycles. The van der Waals surface area contributed by atoms with Crippen LogP contribution in [0.25, 0.3) is 0 Å². The lowest BCUT2D eigenvalue weighted by atomic mass is 9.84. The second-order valence-electron chi connectivity index (χ2n) is 6.17. The lowest BCUT2D eigenvalue weighted by Crippen LogP contribution is -2.05. The van der Waals surface area contributed by atoms with Gasteiger partial charge in [-0.05, 0) is 54.7 Å². The molecule has 2 atom stereocenters. The second-order valence-corrected chi connectivity index (χ2v) is 6.17. The molecule has 0 heteroatoms. The predicted octanol–water partition coefficient (Wildman–Crippen LogP) is 6.27. The lowest BCUT2D eigenvalue weighted by Gasteiger charge is -2.21. The maximum Gasteiger partial charge on any atom is -0.0162 e. The summed E-state index contributed by atoms with van der Waals surface area (Å²) in [5, 5.41) is 0. The van der Waals surface area contributed by atoms with Crippen LogP contribution in [0.3, 0.4) is 0 Å². The van der Waals surface area contributed by atoms with E-state index in [9.17, 15) is 0 Å². The Labute approximate surface area is 120 Å². The molecule has 0 spiro atoms. The van der Waals surface area contributed by atoms with Gasteiger partial charge in [0.05, 0.1) is 0 Å². The molecule has 0 N–H and O–H groups in total. The first-order chi connectivity index (χ1) is 9.12. The zero-order valence-corrected chi connectivity index (χ0v) is 13.6. The van der Waals surface area contributed by atoms with Crippen molar-refractivity contribution in [3.63, 3.8) is 0 Å². The van der Waals surface area contributed by atoms with Gasteiger partial charge >= 0.3 is 0 Å². The Balaban J connectivity index is 2.82. The third kappa shape index (κ3) is 5.01. The summed E-state index contributed by atoms with van der Waals surface area (Å²) in [5.74, 6) is 1.60. The predicted molar refractivity (Wildman–Crippen MR) is 86.9 cm³/mol. The van der Waals surface area contributed by atoms with Crippen LogP contribution >= 0.6 is 0 Å². The summed E-state index contributed by atoms with van der Waals surface area (Å²) < 4.78 is 0. The van der Waals surface area contributed by atoms with Gasteiger partial charge in [-0.1, -0.05) is 65.2 Å². The Morgan fingerprint density at radius 3 is 2.37 bits per heavy atom. The van der Waals surface area contributed by atoms with Crippen molar-refractivity contribution in [1.29, 1.82) is 0 Å². The molecule has 0 fully saturated rings. The zero-order valence-electron chi connectivity index (χ0n) is 13.6. The number of hydrogen-bond acceptors (Lipinski definition) is 0. The van der Waals surface area contributed by atoms with Gasteiger partial charge in [-0.25, -0.2) is 0 Å². The maximum atomic E-state index is 2.48. The van der Waals surface area contributed by atoms with E-state index >= 15 is 0 Å². The van der Waals surface area contributed by atoms with Crippen LogP contribution in [0.4, 0.5) is 0 Å². The Bertz CT molecular complexity index is 364. The first-order valence-corrected chi connectivity index (χ1v) is 8.21. The normalized spacial score (nSPS) is 14.4. The van der Waals surface area contributed by atoms with Crippen LogP contribution in [0.15, 0.2) is 18.2 Å². The van der Waals surface area contributed by atoms with Gasteiger partial charge in [0.15, 0.2) is 0 Å². The van der Waals surface area contributed by atoms with Crippen LogP contribution in [0.2, 0.25) is 0 Å². The van der Waals surface area contributed by atoms with Crippen molar-refractivity contribution in [3.8, 4) is 0 Å². The van der Waals surface area contributed by atoms with Gasteiger partial charge in [-0.2, -0.15) is 0 Å². The fourth-order valence-electron chi connectivity index (χ4n) is 3.12. The molecule has 19 heavy (non-hydrogen) atoms. The Kier molecular flexibility index (Phi) is 7.20. The van der Waals surface area contributed by atoms with Gasteiger partial charge in [-0.3, -0.25) is 0 Å². The monoisotopic (exact) mass is 260 g/mol. The summed E-state index contributed by atoms with van der Waals surface area (Å²) in [7, 11) is 0. The summed E-state index contributed by atoms with van der Waals surface area (Å²) in [6.07, 6.45) is 7.76. The summed E-state index contributed by atoms with van der Waals surface area (Å²) in [6, 6.07) is 7.17. The molecule has 1 aromatic rings. The molecule has 0 saturated heterocycles. The molecule has 0 saturated carbocycles. The smallest absolute Gasteiger partial charge is 0.0162 e. The average Bonchev–Trinajstić information content (AvgIpc) is 2.39. The molecule has 1 rings (SSSR count). The summed E-state index contributed by atoms with van der Waals surface area (Å²) in [5.41, 5.74) is 4.59. The van der Waals surface area contributed by atoms with Crippen molar-refractivity contribution in [2.75, 3.05) is 0 Å². The third-order valence-electron chi connectivity index (χ3n) is 4.33. The SMILES string of the molecule is CCCc1cc(C(CC)CC(C)CCC)ccc1C. The van der Waals surface area contributed by atoms with Crippen LogP contribution < -0.4 is 0 Å². The van der Waals surface area contributed by atoms with Gasteiger partial charge in [0, 0.05) is 0 Å². The van der Waals surface area contributed by atoms with Crippen molar-refractivity contribution in [1.82, 2.24) is 0 Å². The summed E-state index contributed by atoms with van der Waals surface area (Å²) in [4.78, 5) is 0. The van der Waals surface area contributed by atoms with Crippen LogP contribution in [0, 0.1) is 12.8 Å². The molecule has 0 heterocycles. The molecule has 0 aromatic heterocycles. The van der Waals surface area contributed by atoms with Crippen molar-refractivity contribution in [2.45, 2.75) is 79.1 Å². The number of rotatable bonds is 8. The van der Waals surface area contributed by atoms with Crippen molar-refractivity contribution in [3.05, 3.63) is 34.9 Å².